The molecule has 3 aromatic rings. The van der Waals surface area contributed by atoms with Crippen LogP contribution in [0.3, 0.4) is 0 Å². The third kappa shape index (κ3) is 4.36. The number of benzene rings is 1. The molecule has 2 aromatic heterocycles. The number of amides is 1. The molecule has 0 radical (unpaired) electrons. The van der Waals surface area contributed by atoms with Crippen LogP contribution in [0.25, 0.3) is 0 Å². The summed E-state index contributed by atoms with van der Waals surface area (Å²) in [6, 6.07) is 12.4. The lowest BCUT2D eigenvalue weighted by Gasteiger charge is -2.07. The summed E-state index contributed by atoms with van der Waals surface area (Å²) in [5.74, 6) is 0.122. The maximum atomic E-state index is 12.2. The fourth-order valence-corrected chi connectivity index (χ4v) is 2.05. The molecule has 0 saturated carbocycles. The summed E-state index contributed by atoms with van der Waals surface area (Å²) in [6.45, 7) is 0.569. The maximum absolute atomic E-state index is 12.2. The molecule has 3 rings (SSSR count). The van der Waals surface area contributed by atoms with Crippen LogP contribution in [0.5, 0.6) is 0 Å². The number of hydrogen-bond donors (Lipinski definition) is 2. The topological polar surface area (TPSA) is 104 Å². The molecule has 0 aliphatic rings. The summed E-state index contributed by atoms with van der Waals surface area (Å²) in [5, 5.41) is 14.6. The van der Waals surface area contributed by atoms with Gasteiger partial charge in [-0.2, -0.15) is 5.26 Å². The predicted molar refractivity (Wildman–Crippen MR) is 92.7 cm³/mol. The van der Waals surface area contributed by atoms with Crippen LogP contribution in [0.2, 0.25) is 0 Å². The minimum Gasteiger partial charge on any atom is -0.350 e. The van der Waals surface area contributed by atoms with Gasteiger partial charge in [0.15, 0.2) is 0 Å². The molecule has 7 heteroatoms. The zero-order valence-electron chi connectivity index (χ0n) is 13.2. The second-order valence-corrected chi connectivity index (χ2v) is 5.15. The summed E-state index contributed by atoms with van der Waals surface area (Å²) in [5.41, 5.74) is 2.54. The number of hydrogen-bond acceptors (Lipinski definition) is 6. The normalized spacial score (nSPS) is 9.88. The van der Waals surface area contributed by atoms with Gasteiger partial charge in [-0.1, -0.05) is 0 Å². The van der Waals surface area contributed by atoms with Crippen molar-refractivity contribution in [3.63, 3.8) is 0 Å². The van der Waals surface area contributed by atoms with E-state index in [1.165, 1.54) is 12.4 Å². The Labute approximate surface area is 144 Å². The Morgan fingerprint density at radius 3 is 2.36 bits per heavy atom. The first-order valence-corrected chi connectivity index (χ1v) is 7.51. The fraction of sp³-hybridized carbons (Fsp3) is 0.0556. The number of rotatable bonds is 5. The lowest BCUT2D eigenvalue weighted by atomic mass is 10.2. The first kappa shape index (κ1) is 16.1. The van der Waals surface area contributed by atoms with Gasteiger partial charge < -0.3 is 10.6 Å². The van der Waals surface area contributed by atoms with Crippen molar-refractivity contribution < 1.29 is 4.79 Å². The van der Waals surface area contributed by atoms with Gasteiger partial charge in [0.05, 0.1) is 17.2 Å². The number of carbonyl (C=O) groups is 1. The van der Waals surface area contributed by atoms with Gasteiger partial charge in [0.2, 0.25) is 5.95 Å². The van der Waals surface area contributed by atoms with Crippen LogP contribution >= 0.6 is 0 Å². The Bertz CT molecular complexity index is 886. The average Bonchev–Trinajstić information content (AvgIpc) is 2.68. The Balaban J connectivity index is 1.59. The molecule has 2 heterocycles. The predicted octanol–water partition coefficient (Wildman–Crippen LogP) is 2.61. The van der Waals surface area contributed by atoms with E-state index in [4.69, 9.17) is 5.26 Å². The molecular weight excluding hydrogens is 316 g/mol. The van der Waals surface area contributed by atoms with Crippen molar-refractivity contribution >= 4 is 17.5 Å². The summed E-state index contributed by atoms with van der Waals surface area (Å²) >= 11 is 0. The number of anilines is 2. The average molecular weight is 330 g/mol. The van der Waals surface area contributed by atoms with Crippen molar-refractivity contribution in [2.75, 3.05) is 10.6 Å². The van der Waals surface area contributed by atoms with Gasteiger partial charge in [0.1, 0.15) is 0 Å². The van der Waals surface area contributed by atoms with E-state index in [1.54, 1.807) is 36.7 Å². The van der Waals surface area contributed by atoms with Gasteiger partial charge in [0, 0.05) is 37.0 Å². The van der Waals surface area contributed by atoms with E-state index in [-0.39, 0.29) is 5.91 Å². The molecule has 25 heavy (non-hydrogen) atoms. The molecule has 1 amide bonds. The molecule has 0 saturated heterocycles. The van der Waals surface area contributed by atoms with Gasteiger partial charge >= 0.3 is 0 Å². The first-order valence-electron chi connectivity index (χ1n) is 7.51. The highest BCUT2D eigenvalue weighted by atomic mass is 16.1. The summed E-state index contributed by atoms with van der Waals surface area (Å²) < 4.78 is 0. The van der Waals surface area contributed by atoms with Crippen LogP contribution in [0, 0.1) is 11.3 Å². The second-order valence-electron chi connectivity index (χ2n) is 5.15. The Morgan fingerprint density at radius 2 is 1.72 bits per heavy atom. The number of pyridine rings is 1. The van der Waals surface area contributed by atoms with Gasteiger partial charge in [-0.3, -0.25) is 9.78 Å². The van der Waals surface area contributed by atoms with Crippen LogP contribution in [0.1, 0.15) is 21.5 Å². The molecule has 2 N–H and O–H groups in total. The van der Waals surface area contributed by atoms with Crippen LogP contribution in [0.4, 0.5) is 11.6 Å². The minimum absolute atomic E-state index is 0.314. The van der Waals surface area contributed by atoms with E-state index in [0.717, 1.165) is 5.56 Å². The van der Waals surface area contributed by atoms with Gasteiger partial charge in [-0.15, -0.1) is 0 Å². The molecule has 0 aliphatic carbocycles. The van der Waals surface area contributed by atoms with Crippen molar-refractivity contribution in [3.8, 4) is 6.07 Å². The number of carbonyl (C=O) groups excluding carboxylic acids is 1. The number of nitrogens with zero attached hydrogens (tertiary/aromatic N) is 4. The van der Waals surface area contributed by atoms with Gasteiger partial charge in [0.25, 0.3) is 5.91 Å². The molecule has 0 atom stereocenters. The Kier molecular flexibility index (Phi) is 4.93. The number of nitrogens with one attached hydrogen (secondary N) is 2. The van der Waals surface area contributed by atoms with E-state index < -0.39 is 0 Å². The van der Waals surface area contributed by atoms with Gasteiger partial charge in [-0.25, -0.2) is 9.97 Å². The van der Waals surface area contributed by atoms with Crippen molar-refractivity contribution in [2.45, 2.75) is 6.54 Å². The molecule has 0 aliphatic heterocycles. The first-order chi connectivity index (χ1) is 12.2. The van der Waals surface area contributed by atoms with Crippen molar-refractivity contribution in [3.05, 3.63) is 77.9 Å². The van der Waals surface area contributed by atoms with Crippen molar-refractivity contribution in [1.82, 2.24) is 15.0 Å². The van der Waals surface area contributed by atoms with Crippen LogP contribution in [-0.2, 0) is 6.54 Å². The summed E-state index contributed by atoms with van der Waals surface area (Å²) in [6.07, 6.45) is 6.35. The van der Waals surface area contributed by atoms with Crippen molar-refractivity contribution in [1.29, 1.82) is 5.26 Å². The molecule has 7 nitrogen and oxygen atoms in total. The quantitative estimate of drug-likeness (QED) is 0.745. The zero-order chi connectivity index (χ0) is 17.5. The summed E-state index contributed by atoms with van der Waals surface area (Å²) in [7, 11) is 0. The molecule has 0 spiro atoms. The number of nitriles is 1. The largest absolute Gasteiger partial charge is 0.350 e. The molecule has 0 bridgehead atoms. The highest BCUT2D eigenvalue weighted by Crippen LogP contribution is 2.11. The highest BCUT2D eigenvalue weighted by Gasteiger charge is 2.08. The Morgan fingerprint density at radius 1 is 1.04 bits per heavy atom. The van der Waals surface area contributed by atoms with E-state index in [9.17, 15) is 4.79 Å². The molecule has 122 valence electrons. The molecular formula is C18H14N6O. The smallest absolute Gasteiger partial charge is 0.258 e. The van der Waals surface area contributed by atoms with Crippen LogP contribution < -0.4 is 10.6 Å². The fourth-order valence-electron chi connectivity index (χ4n) is 2.05. The van der Waals surface area contributed by atoms with E-state index in [2.05, 4.69) is 25.6 Å². The SMILES string of the molecule is N#Cc1ccc(NC(=O)c2cnc(NCc3ccncc3)nc2)cc1. The molecule has 1 aromatic carbocycles. The molecule has 0 fully saturated rings. The van der Waals surface area contributed by atoms with Gasteiger partial charge in [-0.05, 0) is 42.0 Å². The third-order valence-electron chi connectivity index (χ3n) is 3.39. The molecule has 0 unspecified atom stereocenters. The zero-order valence-corrected chi connectivity index (χ0v) is 13.2. The van der Waals surface area contributed by atoms with E-state index >= 15 is 0 Å². The lowest BCUT2D eigenvalue weighted by Crippen LogP contribution is -2.13. The Hall–Kier alpha value is -3.79. The minimum atomic E-state index is -0.314. The van der Waals surface area contributed by atoms with E-state index in [1.807, 2.05) is 18.2 Å². The third-order valence-corrected chi connectivity index (χ3v) is 3.39. The monoisotopic (exact) mass is 330 g/mol. The standard InChI is InChI=1S/C18H14N6O/c19-9-13-1-3-16(4-2-13)24-17(25)15-11-22-18(23-12-15)21-10-14-5-7-20-8-6-14/h1-8,11-12H,10H2,(H,24,25)(H,21,22,23). The summed E-state index contributed by atoms with van der Waals surface area (Å²) in [4.78, 5) is 24.4. The van der Waals surface area contributed by atoms with E-state index in [0.29, 0.717) is 29.3 Å². The van der Waals surface area contributed by atoms with Crippen molar-refractivity contribution in [2.24, 2.45) is 0 Å². The van der Waals surface area contributed by atoms with Crippen LogP contribution in [-0.4, -0.2) is 20.9 Å². The number of aromatic nitrogens is 3. The second kappa shape index (κ2) is 7.66. The lowest BCUT2D eigenvalue weighted by molar-refractivity contribution is 0.102. The van der Waals surface area contributed by atoms with Crippen LogP contribution in [0.15, 0.2) is 61.2 Å². The maximum Gasteiger partial charge on any atom is 0.258 e. The highest BCUT2D eigenvalue weighted by molar-refractivity contribution is 6.03.